The zero-order valence-electron chi connectivity index (χ0n) is 34.3. The van der Waals surface area contributed by atoms with Crippen molar-refractivity contribution in [2.75, 3.05) is 13.2 Å². The molecule has 0 spiro atoms. The van der Waals surface area contributed by atoms with E-state index in [1.165, 1.54) is 0 Å². The Labute approximate surface area is 330 Å². The number of aliphatic hydroxyl groups is 9. The first-order valence-corrected chi connectivity index (χ1v) is 20.6. The van der Waals surface area contributed by atoms with Crippen LogP contribution >= 0.6 is 0 Å². The predicted molar refractivity (Wildman–Crippen MR) is 199 cm³/mol. The predicted octanol–water partition coefficient (Wildman–Crippen LogP) is 1.23. The van der Waals surface area contributed by atoms with Crippen molar-refractivity contribution in [3.63, 3.8) is 0 Å². The van der Waals surface area contributed by atoms with Gasteiger partial charge in [-0.2, -0.15) is 0 Å². The van der Waals surface area contributed by atoms with Crippen LogP contribution in [0.4, 0.5) is 0 Å². The van der Waals surface area contributed by atoms with E-state index in [1.807, 2.05) is 6.92 Å². The lowest BCUT2D eigenvalue weighted by Gasteiger charge is -2.71. The fourth-order valence-electron chi connectivity index (χ4n) is 13.1. The second kappa shape index (κ2) is 15.6. The third-order valence-corrected chi connectivity index (χ3v) is 16.3. The maximum atomic E-state index is 12.4. The standard InChI is InChI=1S/C41H70O15/c1-36(2,56-51)12-9-13-41(8,55-35-32(50)30(48)29(47)24(54-35)19-52-34-31(49)28(46)23(18-42)53-34)20-10-15-39(6)27(20)21(43)16-25-38(5)14-11-26(45)37(3,4)33(38)22(44)17-40(25,39)7/h9,12,20-35,42-51H,10-11,13-19H2,1-8H3/b12-9+/t20-,21+,22-,23+,24+,25+,26-,27-,28+,29+,30-,31-,32+,33-,34+,35-,38+,39+,40+,41-/m0/s1. The molecule has 6 fully saturated rings. The molecular formula is C41H70O15. The summed E-state index contributed by atoms with van der Waals surface area (Å²) in [5.74, 6) is -0.729. The van der Waals surface area contributed by atoms with Crippen LogP contribution in [0.15, 0.2) is 12.2 Å². The molecule has 4 saturated carbocycles. The normalized spacial score (nSPS) is 51.7. The third-order valence-electron chi connectivity index (χ3n) is 16.3. The molecule has 0 aromatic heterocycles. The van der Waals surface area contributed by atoms with E-state index in [0.29, 0.717) is 25.7 Å². The van der Waals surface area contributed by atoms with E-state index in [2.05, 4.69) is 39.5 Å². The Kier molecular flexibility index (Phi) is 12.4. The highest BCUT2D eigenvalue weighted by atomic mass is 17.1. The van der Waals surface area contributed by atoms with Gasteiger partial charge < -0.3 is 64.9 Å². The Hall–Kier alpha value is -0.860. The number of aliphatic hydroxyl groups excluding tert-OH is 9. The Morgan fingerprint density at radius 3 is 2.00 bits per heavy atom. The zero-order chi connectivity index (χ0) is 41.6. The van der Waals surface area contributed by atoms with Crippen molar-refractivity contribution in [3.05, 3.63) is 12.2 Å². The number of hydrogen-bond acceptors (Lipinski definition) is 15. The van der Waals surface area contributed by atoms with E-state index < -0.39 is 114 Å². The lowest BCUT2D eigenvalue weighted by Crippen LogP contribution is -2.70. The summed E-state index contributed by atoms with van der Waals surface area (Å²) in [5.41, 5.74) is -3.90. The van der Waals surface area contributed by atoms with Gasteiger partial charge in [0, 0.05) is 0 Å². The lowest BCUT2D eigenvalue weighted by molar-refractivity contribution is -0.340. The van der Waals surface area contributed by atoms with Crippen molar-refractivity contribution in [2.24, 2.45) is 45.3 Å². The minimum atomic E-state index is -1.72. The largest absolute Gasteiger partial charge is 0.394 e. The molecule has 0 amide bonds. The average Bonchev–Trinajstić information content (AvgIpc) is 3.64. The maximum Gasteiger partial charge on any atom is 0.187 e. The Morgan fingerprint density at radius 2 is 1.38 bits per heavy atom. The van der Waals surface area contributed by atoms with Gasteiger partial charge in [-0.1, -0.05) is 46.8 Å². The fourth-order valence-corrected chi connectivity index (χ4v) is 13.1. The van der Waals surface area contributed by atoms with Crippen molar-refractivity contribution in [1.29, 1.82) is 0 Å². The van der Waals surface area contributed by atoms with E-state index in [1.54, 1.807) is 26.0 Å². The van der Waals surface area contributed by atoms with Gasteiger partial charge in [0.1, 0.15) is 48.3 Å². The van der Waals surface area contributed by atoms with Gasteiger partial charge in [0.2, 0.25) is 0 Å². The Morgan fingerprint density at radius 1 is 0.750 bits per heavy atom. The molecule has 0 bridgehead atoms. The van der Waals surface area contributed by atoms with Crippen LogP contribution in [0.5, 0.6) is 0 Å². The van der Waals surface area contributed by atoms with Gasteiger partial charge in [0.05, 0.1) is 37.1 Å². The molecule has 0 aromatic rings. The summed E-state index contributed by atoms with van der Waals surface area (Å²) in [4.78, 5) is 4.65. The van der Waals surface area contributed by atoms with E-state index in [0.717, 1.165) is 12.8 Å². The van der Waals surface area contributed by atoms with Gasteiger partial charge in [-0.15, -0.1) is 0 Å². The summed E-state index contributed by atoms with van der Waals surface area (Å²) in [5, 5.41) is 108. The van der Waals surface area contributed by atoms with Crippen LogP contribution in [0.1, 0.15) is 100 Å². The molecule has 4 aliphatic carbocycles. The van der Waals surface area contributed by atoms with Crippen LogP contribution in [0.25, 0.3) is 0 Å². The Balaban J connectivity index is 1.30. The third kappa shape index (κ3) is 7.15. The average molecular weight is 803 g/mol. The van der Waals surface area contributed by atoms with E-state index in [9.17, 15) is 51.2 Å². The molecule has 0 radical (unpaired) electrons. The number of fused-ring (bicyclic) bond motifs is 5. The summed E-state index contributed by atoms with van der Waals surface area (Å²) in [6.45, 7) is 15.1. The summed E-state index contributed by atoms with van der Waals surface area (Å²) < 4.78 is 24.0. The minimum absolute atomic E-state index is 0.0665. The first-order chi connectivity index (χ1) is 25.9. The van der Waals surface area contributed by atoms with Gasteiger partial charge in [0.15, 0.2) is 12.6 Å². The van der Waals surface area contributed by atoms with E-state index in [-0.39, 0.29) is 35.5 Å². The maximum absolute atomic E-state index is 12.4. The van der Waals surface area contributed by atoms with Gasteiger partial charge >= 0.3 is 0 Å². The fraction of sp³-hybridized carbons (Fsp3) is 0.951. The van der Waals surface area contributed by atoms with Gasteiger partial charge in [-0.3, -0.25) is 5.26 Å². The molecule has 15 heteroatoms. The summed E-state index contributed by atoms with van der Waals surface area (Å²) in [6, 6.07) is 0. The van der Waals surface area contributed by atoms with Crippen molar-refractivity contribution < 1.29 is 75.1 Å². The first-order valence-electron chi connectivity index (χ1n) is 20.6. The van der Waals surface area contributed by atoms with Crippen LogP contribution < -0.4 is 0 Å². The molecule has 6 rings (SSSR count). The monoisotopic (exact) mass is 802 g/mol. The first kappa shape index (κ1) is 44.7. The van der Waals surface area contributed by atoms with Crippen molar-refractivity contribution in [3.8, 4) is 0 Å². The molecule has 324 valence electrons. The van der Waals surface area contributed by atoms with Gasteiger partial charge in [-0.25, -0.2) is 4.89 Å². The zero-order valence-corrected chi connectivity index (χ0v) is 34.3. The van der Waals surface area contributed by atoms with E-state index in [4.69, 9.17) is 18.9 Å². The van der Waals surface area contributed by atoms with Crippen LogP contribution in [0.2, 0.25) is 0 Å². The van der Waals surface area contributed by atoms with Crippen LogP contribution in [-0.2, 0) is 23.8 Å². The van der Waals surface area contributed by atoms with Crippen molar-refractivity contribution in [2.45, 2.75) is 185 Å². The van der Waals surface area contributed by atoms with E-state index >= 15 is 0 Å². The highest BCUT2D eigenvalue weighted by Gasteiger charge is 2.73. The molecule has 15 nitrogen and oxygen atoms in total. The highest BCUT2D eigenvalue weighted by Crippen LogP contribution is 2.76. The quantitative estimate of drug-likeness (QED) is 0.0802. The molecule has 0 aromatic carbocycles. The van der Waals surface area contributed by atoms with Crippen molar-refractivity contribution >= 4 is 0 Å². The topological polar surface area (TPSA) is 248 Å². The number of ether oxygens (including phenoxy) is 4. The Bertz CT molecular complexity index is 1410. The molecule has 6 aliphatic rings. The SMILES string of the molecule is CC(C)(/C=C/C[C@](C)(O[C@@H]1O[C@H](CO[C@@H]2O[C@H](CO)[C@@H](O)[C@@H]2O)[C@@H](O)[C@H](O)[C@H]1O)[C@H]1CC[C@]2(C)[C@@H]1[C@H](O)C[C@@H]1[C@@]3(C)CC[C@H](O)C(C)(C)[C@@H]3[C@@H](O)C[C@]12C)OO. The number of rotatable bonds is 11. The molecule has 56 heavy (non-hydrogen) atoms. The lowest BCUT2D eigenvalue weighted by atomic mass is 9.34. The summed E-state index contributed by atoms with van der Waals surface area (Å²) in [7, 11) is 0. The highest BCUT2D eigenvalue weighted by molar-refractivity contribution is 5.22. The van der Waals surface area contributed by atoms with Crippen LogP contribution in [0.3, 0.4) is 0 Å². The molecule has 2 saturated heterocycles. The molecule has 2 heterocycles. The number of hydrogen-bond donors (Lipinski definition) is 10. The van der Waals surface area contributed by atoms with Gasteiger partial charge in [0.25, 0.3) is 0 Å². The second-order valence-corrected chi connectivity index (χ2v) is 20.3. The van der Waals surface area contributed by atoms with Crippen LogP contribution in [0, 0.1) is 45.3 Å². The molecule has 20 atom stereocenters. The molecule has 10 N–H and O–H groups in total. The molecule has 2 aliphatic heterocycles. The van der Waals surface area contributed by atoms with Crippen LogP contribution in [-0.4, -0.2) is 149 Å². The van der Waals surface area contributed by atoms with Crippen molar-refractivity contribution in [1.82, 2.24) is 0 Å². The smallest absolute Gasteiger partial charge is 0.187 e. The molecular weight excluding hydrogens is 732 g/mol. The van der Waals surface area contributed by atoms with Gasteiger partial charge in [-0.05, 0) is 111 Å². The second-order valence-electron chi connectivity index (χ2n) is 20.3. The summed E-state index contributed by atoms with van der Waals surface area (Å²) in [6.07, 6.45) is -7.65. The summed E-state index contributed by atoms with van der Waals surface area (Å²) >= 11 is 0. The molecule has 0 unspecified atom stereocenters. The minimum Gasteiger partial charge on any atom is -0.394 e.